The van der Waals surface area contributed by atoms with Gasteiger partial charge in [0.15, 0.2) is 10.0 Å². The van der Waals surface area contributed by atoms with E-state index < -0.39 is 0 Å². The minimum atomic E-state index is -0.115. The summed E-state index contributed by atoms with van der Waals surface area (Å²) in [5.74, 6) is -0.115. The van der Waals surface area contributed by atoms with E-state index in [2.05, 4.69) is 41.3 Å². The van der Waals surface area contributed by atoms with Crippen LogP contribution in [0.25, 0.3) is 0 Å². The van der Waals surface area contributed by atoms with Crippen LogP contribution < -0.4 is 10.6 Å². The lowest BCUT2D eigenvalue weighted by Crippen LogP contribution is -2.30. The molecule has 142 valence electrons. The first kappa shape index (κ1) is 20.7. The SMILES string of the molecule is CCN(CC)CCCNC(=O)c1nc(SC)sc1Nc1ccc(C)cc1. The van der Waals surface area contributed by atoms with Crippen LogP contribution in [0.2, 0.25) is 0 Å². The third kappa shape index (κ3) is 6.00. The van der Waals surface area contributed by atoms with Crippen LogP contribution in [0.3, 0.4) is 0 Å². The highest BCUT2D eigenvalue weighted by Gasteiger charge is 2.18. The summed E-state index contributed by atoms with van der Waals surface area (Å²) in [6.07, 6.45) is 2.91. The number of hydrogen-bond acceptors (Lipinski definition) is 6. The molecule has 1 heterocycles. The van der Waals surface area contributed by atoms with E-state index in [-0.39, 0.29) is 5.91 Å². The van der Waals surface area contributed by atoms with Crippen LogP contribution in [0.15, 0.2) is 28.6 Å². The maximum absolute atomic E-state index is 12.6. The molecule has 1 aromatic carbocycles. The molecule has 0 radical (unpaired) electrons. The van der Waals surface area contributed by atoms with Gasteiger partial charge in [0.05, 0.1) is 0 Å². The molecule has 1 aromatic heterocycles. The fourth-order valence-electron chi connectivity index (χ4n) is 2.52. The van der Waals surface area contributed by atoms with Gasteiger partial charge in [0.1, 0.15) is 5.00 Å². The average Bonchev–Trinajstić information content (AvgIpc) is 3.06. The summed E-state index contributed by atoms with van der Waals surface area (Å²) in [7, 11) is 0. The molecule has 0 unspecified atom stereocenters. The van der Waals surface area contributed by atoms with Crippen molar-refractivity contribution in [3.63, 3.8) is 0 Å². The number of nitrogens with one attached hydrogen (secondary N) is 2. The molecule has 7 heteroatoms. The second kappa shape index (κ2) is 10.5. The molecule has 2 aromatic rings. The van der Waals surface area contributed by atoms with E-state index in [9.17, 15) is 4.79 Å². The van der Waals surface area contributed by atoms with Crippen molar-refractivity contribution in [1.82, 2.24) is 15.2 Å². The molecule has 1 amide bonds. The molecular weight excluding hydrogens is 364 g/mol. The van der Waals surface area contributed by atoms with Crippen LogP contribution in [-0.2, 0) is 0 Å². The number of rotatable bonds is 10. The van der Waals surface area contributed by atoms with Gasteiger partial charge >= 0.3 is 0 Å². The number of aromatic nitrogens is 1. The highest BCUT2D eigenvalue weighted by Crippen LogP contribution is 2.32. The Morgan fingerprint density at radius 1 is 1.23 bits per heavy atom. The van der Waals surface area contributed by atoms with E-state index in [1.807, 2.05) is 30.5 Å². The van der Waals surface area contributed by atoms with E-state index in [0.717, 1.165) is 41.1 Å². The molecule has 0 aliphatic rings. The van der Waals surface area contributed by atoms with Crippen molar-refractivity contribution in [1.29, 1.82) is 0 Å². The molecule has 5 nitrogen and oxygen atoms in total. The number of benzene rings is 1. The quantitative estimate of drug-likeness (QED) is 0.464. The van der Waals surface area contributed by atoms with Gasteiger partial charge in [-0.15, -0.1) is 0 Å². The van der Waals surface area contributed by atoms with Crippen LogP contribution in [-0.4, -0.2) is 48.2 Å². The standard InChI is InChI=1S/C19H28N4OS2/c1-5-23(6-2)13-7-12-20-17(24)16-18(26-19(22-16)25-4)21-15-10-8-14(3)9-11-15/h8-11,21H,5-7,12-13H2,1-4H3,(H,20,24). The monoisotopic (exact) mass is 392 g/mol. The summed E-state index contributed by atoms with van der Waals surface area (Å²) < 4.78 is 0.882. The van der Waals surface area contributed by atoms with E-state index in [4.69, 9.17) is 0 Å². The predicted octanol–water partition coefficient (Wildman–Crippen LogP) is 4.38. The van der Waals surface area contributed by atoms with Crippen molar-refractivity contribution >= 4 is 39.7 Å². The Morgan fingerprint density at radius 3 is 2.54 bits per heavy atom. The Morgan fingerprint density at radius 2 is 1.92 bits per heavy atom. The fourth-order valence-corrected chi connectivity index (χ4v) is 4.00. The number of thiazole rings is 1. The summed E-state index contributed by atoms with van der Waals surface area (Å²) >= 11 is 3.06. The van der Waals surface area contributed by atoms with E-state index in [1.54, 1.807) is 11.8 Å². The van der Waals surface area contributed by atoms with Gasteiger partial charge in [0.2, 0.25) is 0 Å². The highest BCUT2D eigenvalue weighted by molar-refractivity contribution is 8.00. The summed E-state index contributed by atoms with van der Waals surface area (Å²) in [6.45, 7) is 10.1. The van der Waals surface area contributed by atoms with Crippen LogP contribution in [0.1, 0.15) is 36.3 Å². The normalized spacial score (nSPS) is 11.0. The van der Waals surface area contributed by atoms with E-state index >= 15 is 0 Å². The largest absolute Gasteiger partial charge is 0.351 e. The maximum Gasteiger partial charge on any atom is 0.273 e. The van der Waals surface area contributed by atoms with Crippen molar-refractivity contribution in [3.8, 4) is 0 Å². The first-order valence-electron chi connectivity index (χ1n) is 8.96. The molecule has 0 spiro atoms. The number of hydrogen-bond donors (Lipinski definition) is 2. The Balaban J connectivity index is 1.99. The zero-order valence-electron chi connectivity index (χ0n) is 16.0. The smallest absolute Gasteiger partial charge is 0.273 e. The maximum atomic E-state index is 12.6. The van der Waals surface area contributed by atoms with Gasteiger partial charge in [-0.1, -0.05) is 54.6 Å². The Hall–Kier alpha value is -1.57. The zero-order valence-corrected chi connectivity index (χ0v) is 17.6. The summed E-state index contributed by atoms with van der Waals surface area (Å²) in [5, 5.41) is 7.13. The number of carbonyl (C=O) groups excluding carboxylic acids is 1. The van der Waals surface area contributed by atoms with Crippen LogP contribution in [0.5, 0.6) is 0 Å². The number of carbonyl (C=O) groups is 1. The number of aryl methyl sites for hydroxylation is 1. The second-order valence-corrected chi connectivity index (χ2v) is 8.04. The molecule has 0 aliphatic heterocycles. The van der Waals surface area contributed by atoms with Gasteiger partial charge in [-0.2, -0.15) is 0 Å². The molecule has 0 atom stereocenters. The van der Waals surface area contributed by atoms with Crippen LogP contribution in [0.4, 0.5) is 10.7 Å². The lowest BCUT2D eigenvalue weighted by Gasteiger charge is -2.17. The van der Waals surface area contributed by atoms with Gasteiger partial charge in [-0.25, -0.2) is 4.98 Å². The summed E-state index contributed by atoms with van der Waals surface area (Å²) in [6, 6.07) is 8.12. The molecule has 2 N–H and O–H groups in total. The van der Waals surface area contributed by atoms with Crippen molar-refractivity contribution < 1.29 is 4.79 Å². The average molecular weight is 393 g/mol. The minimum absolute atomic E-state index is 0.115. The van der Waals surface area contributed by atoms with Crippen molar-refractivity contribution in [2.24, 2.45) is 0 Å². The molecule has 0 bridgehead atoms. The molecule has 2 rings (SSSR count). The zero-order chi connectivity index (χ0) is 18.9. The minimum Gasteiger partial charge on any atom is -0.351 e. The van der Waals surface area contributed by atoms with Crippen molar-refractivity contribution in [2.45, 2.75) is 31.5 Å². The summed E-state index contributed by atoms with van der Waals surface area (Å²) in [5.41, 5.74) is 2.64. The van der Waals surface area contributed by atoms with Gasteiger partial charge in [-0.05, 0) is 51.4 Å². The molecule has 0 aliphatic carbocycles. The molecule has 0 fully saturated rings. The van der Waals surface area contributed by atoms with Gasteiger partial charge < -0.3 is 15.5 Å². The first-order valence-corrected chi connectivity index (χ1v) is 11.0. The Kier molecular flexibility index (Phi) is 8.41. The van der Waals surface area contributed by atoms with Crippen molar-refractivity contribution in [2.75, 3.05) is 37.8 Å². The number of thioether (sulfide) groups is 1. The Bertz CT molecular complexity index is 696. The number of amides is 1. The van der Waals surface area contributed by atoms with E-state index in [0.29, 0.717) is 12.2 Å². The molecule has 26 heavy (non-hydrogen) atoms. The fraction of sp³-hybridized carbons (Fsp3) is 0.474. The Labute approximate surface area is 164 Å². The molecular formula is C19H28N4OS2. The lowest BCUT2D eigenvalue weighted by molar-refractivity contribution is 0.0948. The third-order valence-corrected chi connectivity index (χ3v) is 6.09. The lowest BCUT2D eigenvalue weighted by atomic mass is 10.2. The molecule has 0 saturated carbocycles. The number of nitrogens with zero attached hydrogens (tertiary/aromatic N) is 2. The van der Waals surface area contributed by atoms with Crippen molar-refractivity contribution in [3.05, 3.63) is 35.5 Å². The van der Waals surface area contributed by atoms with Crippen LogP contribution >= 0.6 is 23.1 Å². The highest BCUT2D eigenvalue weighted by atomic mass is 32.2. The van der Waals surface area contributed by atoms with Crippen LogP contribution in [0, 0.1) is 6.92 Å². The van der Waals surface area contributed by atoms with Gasteiger partial charge in [0, 0.05) is 12.2 Å². The molecule has 0 saturated heterocycles. The summed E-state index contributed by atoms with van der Waals surface area (Å²) in [4.78, 5) is 19.4. The number of anilines is 2. The third-order valence-electron chi connectivity index (χ3n) is 4.14. The second-order valence-electron chi connectivity index (χ2n) is 5.99. The van der Waals surface area contributed by atoms with Gasteiger partial charge in [-0.3, -0.25) is 4.79 Å². The van der Waals surface area contributed by atoms with E-state index in [1.165, 1.54) is 16.9 Å². The first-order chi connectivity index (χ1) is 12.6. The van der Waals surface area contributed by atoms with Gasteiger partial charge in [0.25, 0.3) is 5.91 Å². The topological polar surface area (TPSA) is 57.3 Å². The predicted molar refractivity (Wildman–Crippen MR) is 113 cm³/mol.